The predicted molar refractivity (Wildman–Crippen MR) is 69.7 cm³/mol. The number of anilines is 1. The fraction of sp³-hybridized carbons (Fsp3) is 0.455. The molecule has 0 aliphatic carbocycles. The van der Waals surface area contributed by atoms with Gasteiger partial charge in [0.1, 0.15) is 4.99 Å². The zero-order chi connectivity index (χ0) is 12.2. The minimum absolute atomic E-state index is 0.197. The maximum absolute atomic E-state index is 5.64. The lowest BCUT2D eigenvalue weighted by molar-refractivity contribution is 0.158. The predicted octanol–water partition coefficient (Wildman–Crippen LogP) is 1.55. The molecule has 16 heavy (non-hydrogen) atoms. The van der Waals surface area contributed by atoms with E-state index >= 15 is 0 Å². The molecule has 1 aromatic rings. The molecule has 88 valence electrons. The van der Waals surface area contributed by atoms with E-state index in [4.69, 9.17) is 22.7 Å². The van der Waals surface area contributed by atoms with Crippen LogP contribution in [0.15, 0.2) is 18.5 Å². The zero-order valence-electron chi connectivity index (χ0n) is 9.78. The molecule has 5 heteroatoms. The maximum Gasteiger partial charge on any atom is 0.106 e. The van der Waals surface area contributed by atoms with E-state index in [1.165, 1.54) is 0 Å². The van der Waals surface area contributed by atoms with E-state index in [0.717, 1.165) is 11.3 Å². The van der Waals surface area contributed by atoms with E-state index in [1.807, 2.05) is 13.8 Å². The largest absolute Gasteiger partial charge is 0.389 e. The van der Waals surface area contributed by atoms with Gasteiger partial charge in [0.2, 0.25) is 0 Å². The summed E-state index contributed by atoms with van der Waals surface area (Å²) in [5.41, 5.74) is 7.07. The van der Waals surface area contributed by atoms with Gasteiger partial charge >= 0.3 is 0 Å². The molecule has 0 radical (unpaired) electrons. The van der Waals surface area contributed by atoms with E-state index in [-0.39, 0.29) is 5.54 Å². The fourth-order valence-electron chi connectivity index (χ4n) is 1.47. The Morgan fingerprint density at radius 3 is 2.88 bits per heavy atom. The number of hydrogen-bond donors (Lipinski definition) is 2. The van der Waals surface area contributed by atoms with Crippen LogP contribution in [-0.4, -0.2) is 29.2 Å². The van der Waals surface area contributed by atoms with Gasteiger partial charge in [-0.1, -0.05) is 12.2 Å². The Labute approximate surface area is 101 Å². The van der Waals surface area contributed by atoms with Crippen molar-refractivity contribution in [2.24, 2.45) is 5.73 Å². The topological polar surface area (TPSA) is 60.2 Å². The number of thiocarbonyl (C=S) groups is 1. The highest BCUT2D eigenvalue weighted by Crippen LogP contribution is 2.18. The quantitative estimate of drug-likeness (QED) is 0.763. The summed E-state index contributed by atoms with van der Waals surface area (Å²) in [5, 5.41) is 3.31. The highest BCUT2D eigenvalue weighted by molar-refractivity contribution is 7.80. The molecule has 0 unspecified atom stereocenters. The molecule has 1 aromatic heterocycles. The smallest absolute Gasteiger partial charge is 0.106 e. The number of nitrogens with one attached hydrogen (secondary N) is 1. The van der Waals surface area contributed by atoms with Crippen LogP contribution in [0.1, 0.15) is 19.4 Å². The minimum Gasteiger partial charge on any atom is -0.389 e. The molecule has 1 rings (SSSR count). The minimum atomic E-state index is -0.197. The van der Waals surface area contributed by atoms with E-state index in [0.29, 0.717) is 11.6 Å². The van der Waals surface area contributed by atoms with Crippen molar-refractivity contribution in [2.75, 3.05) is 19.0 Å². The molecule has 1 heterocycles. The van der Waals surface area contributed by atoms with Crippen LogP contribution in [0.2, 0.25) is 0 Å². The third-order valence-corrected chi connectivity index (χ3v) is 2.28. The summed E-state index contributed by atoms with van der Waals surface area (Å²) >= 11 is 4.98. The van der Waals surface area contributed by atoms with Gasteiger partial charge < -0.3 is 15.8 Å². The Kier molecular flexibility index (Phi) is 4.20. The summed E-state index contributed by atoms with van der Waals surface area (Å²) in [7, 11) is 1.67. The van der Waals surface area contributed by atoms with Crippen molar-refractivity contribution >= 4 is 22.9 Å². The van der Waals surface area contributed by atoms with Gasteiger partial charge in [0.05, 0.1) is 24.0 Å². The van der Waals surface area contributed by atoms with Crippen molar-refractivity contribution in [1.82, 2.24) is 4.98 Å². The second-order valence-corrected chi connectivity index (χ2v) is 4.67. The summed E-state index contributed by atoms with van der Waals surface area (Å²) in [6.07, 6.45) is 3.38. The van der Waals surface area contributed by atoms with Crippen LogP contribution in [0.5, 0.6) is 0 Å². The third kappa shape index (κ3) is 3.43. The standard InChI is InChI=1S/C11H17N3OS/c1-11(2,7-15-3)14-9-6-13-5-4-8(9)10(12)16/h4-6,14H,7H2,1-3H3,(H2,12,16). The molecule has 0 atom stereocenters. The van der Waals surface area contributed by atoms with Crippen molar-refractivity contribution in [1.29, 1.82) is 0 Å². The highest BCUT2D eigenvalue weighted by Gasteiger charge is 2.19. The van der Waals surface area contributed by atoms with Gasteiger partial charge in [0.25, 0.3) is 0 Å². The van der Waals surface area contributed by atoms with E-state index < -0.39 is 0 Å². The number of ether oxygens (including phenoxy) is 1. The van der Waals surface area contributed by atoms with Crippen LogP contribution in [0, 0.1) is 0 Å². The second-order valence-electron chi connectivity index (χ2n) is 4.23. The third-order valence-electron chi connectivity index (χ3n) is 2.06. The molecule has 0 saturated carbocycles. The lowest BCUT2D eigenvalue weighted by Crippen LogP contribution is -2.36. The molecule has 0 fully saturated rings. The Morgan fingerprint density at radius 2 is 2.31 bits per heavy atom. The molecule has 4 nitrogen and oxygen atoms in total. The van der Waals surface area contributed by atoms with Crippen LogP contribution in [0.25, 0.3) is 0 Å². The first-order chi connectivity index (χ1) is 7.46. The average Bonchev–Trinajstić information content (AvgIpc) is 2.17. The molecule has 0 bridgehead atoms. The van der Waals surface area contributed by atoms with Gasteiger partial charge in [-0.2, -0.15) is 0 Å². The van der Waals surface area contributed by atoms with Crippen molar-refractivity contribution in [3.05, 3.63) is 24.0 Å². The number of methoxy groups -OCH3 is 1. The monoisotopic (exact) mass is 239 g/mol. The first-order valence-corrected chi connectivity index (χ1v) is 5.38. The molecule has 0 aliphatic rings. The number of aromatic nitrogens is 1. The Bertz CT molecular complexity index is 379. The van der Waals surface area contributed by atoms with Crippen molar-refractivity contribution in [3.8, 4) is 0 Å². The van der Waals surface area contributed by atoms with Crippen molar-refractivity contribution in [3.63, 3.8) is 0 Å². The Balaban J connectivity index is 2.92. The van der Waals surface area contributed by atoms with Gasteiger partial charge in [-0.3, -0.25) is 4.98 Å². The number of rotatable bonds is 5. The van der Waals surface area contributed by atoms with Crippen LogP contribution >= 0.6 is 12.2 Å². The molecule has 0 saturated heterocycles. The van der Waals surface area contributed by atoms with E-state index in [1.54, 1.807) is 25.6 Å². The Hall–Kier alpha value is -1.20. The average molecular weight is 239 g/mol. The molecular weight excluding hydrogens is 222 g/mol. The number of nitrogens with two attached hydrogens (primary N) is 1. The van der Waals surface area contributed by atoms with E-state index in [2.05, 4.69) is 10.3 Å². The summed E-state index contributed by atoms with van der Waals surface area (Å²) in [5.74, 6) is 0. The lowest BCUT2D eigenvalue weighted by Gasteiger charge is -2.27. The van der Waals surface area contributed by atoms with E-state index in [9.17, 15) is 0 Å². The van der Waals surface area contributed by atoms with Crippen LogP contribution in [0.4, 0.5) is 5.69 Å². The van der Waals surface area contributed by atoms with Gasteiger partial charge in [-0.05, 0) is 19.9 Å². The molecule has 0 spiro atoms. The highest BCUT2D eigenvalue weighted by atomic mass is 32.1. The van der Waals surface area contributed by atoms with Crippen molar-refractivity contribution < 1.29 is 4.74 Å². The zero-order valence-corrected chi connectivity index (χ0v) is 10.6. The summed E-state index contributed by atoms with van der Waals surface area (Å²) in [6, 6.07) is 1.80. The number of pyridine rings is 1. The summed E-state index contributed by atoms with van der Waals surface area (Å²) in [6.45, 7) is 4.65. The molecular formula is C11H17N3OS. The Morgan fingerprint density at radius 1 is 1.62 bits per heavy atom. The van der Waals surface area contributed by atoms with Crippen molar-refractivity contribution in [2.45, 2.75) is 19.4 Å². The SMILES string of the molecule is COCC(C)(C)Nc1cnccc1C(N)=S. The fourth-order valence-corrected chi connectivity index (χ4v) is 1.65. The van der Waals surface area contributed by atoms with Gasteiger partial charge in [0.15, 0.2) is 0 Å². The normalized spacial score (nSPS) is 11.2. The number of hydrogen-bond acceptors (Lipinski definition) is 4. The molecule has 0 amide bonds. The first kappa shape index (κ1) is 12.9. The molecule has 0 aliphatic heterocycles. The lowest BCUT2D eigenvalue weighted by atomic mass is 10.1. The first-order valence-electron chi connectivity index (χ1n) is 4.97. The van der Waals surface area contributed by atoms with Gasteiger partial charge in [0, 0.05) is 18.9 Å². The van der Waals surface area contributed by atoms with Gasteiger partial charge in [-0.15, -0.1) is 0 Å². The van der Waals surface area contributed by atoms with Gasteiger partial charge in [-0.25, -0.2) is 0 Å². The van der Waals surface area contributed by atoms with Crippen LogP contribution < -0.4 is 11.1 Å². The second kappa shape index (κ2) is 5.23. The summed E-state index contributed by atoms with van der Waals surface area (Å²) in [4.78, 5) is 4.41. The molecule has 0 aromatic carbocycles. The maximum atomic E-state index is 5.64. The van der Waals surface area contributed by atoms with Crippen LogP contribution in [0.3, 0.4) is 0 Å². The summed E-state index contributed by atoms with van der Waals surface area (Å²) < 4.78 is 5.13. The number of nitrogens with zero attached hydrogens (tertiary/aromatic N) is 1. The van der Waals surface area contributed by atoms with Crippen LogP contribution in [-0.2, 0) is 4.74 Å². The molecule has 3 N–H and O–H groups in total.